The SMILES string of the molecule is CNc1cc(NCCn2ccnc2)nc(SC)n1. The van der Waals surface area contributed by atoms with Crippen LogP contribution < -0.4 is 10.6 Å². The summed E-state index contributed by atoms with van der Waals surface area (Å²) in [7, 11) is 1.85. The van der Waals surface area contributed by atoms with Gasteiger partial charge in [0, 0.05) is 38.6 Å². The Morgan fingerprint density at radius 2 is 2.17 bits per heavy atom. The van der Waals surface area contributed by atoms with Crippen molar-refractivity contribution in [1.82, 2.24) is 19.5 Å². The number of hydrogen-bond donors (Lipinski definition) is 2. The maximum atomic E-state index is 4.39. The summed E-state index contributed by atoms with van der Waals surface area (Å²) in [4.78, 5) is 12.7. The molecule has 0 aliphatic carbocycles. The smallest absolute Gasteiger partial charge is 0.191 e. The van der Waals surface area contributed by atoms with Crippen molar-refractivity contribution in [2.45, 2.75) is 11.7 Å². The van der Waals surface area contributed by atoms with Crippen LogP contribution in [0.25, 0.3) is 0 Å². The van der Waals surface area contributed by atoms with Crippen molar-refractivity contribution in [1.29, 1.82) is 0 Å². The fourth-order valence-corrected chi connectivity index (χ4v) is 1.85. The predicted molar refractivity (Wildman–Crippen MR) is 74.1 cm³/mol. The average Bonchev–Trinajstić information content (AvgIpc) is 2.91. The first-order valence-corrected chi connectivity index (χ1v) is 6.84. The summed E-state index contributed by atoms with van der Waals surface area (Å²) in [5.74, 6) is 1.65. The standard InChI is InChI=1S/C11H16N6S/c1-12-9-7-10(16-11(15-9)18-2)14-4-6-17-5-3-13-8-17/h3,5,7-8H,4,6H2,1-2H3,(H2,12,14,15,16). The summed E-state index contributed by atoms with van der Waals surface area (Å²) in [5.41, 5.74) is 0. The second kappa shape index (κ2) is 6.25. The van der Waals surface area contributed by atoms with Crippen molar-refractivity contribution in [3.8, 4) is 0 Å². The van der Waals surface area contributed by atoms with Gasteiger partial charge in [-0.05, 0) is 6.26 Å². The Kier molecular flexibility index (Phi) is 4.40. The number of nitrogens with zero attached hydrogens (tertiary/aromatic N) is 4. The first-order valence-electron chi connectivity index (χ1n) is 5.62. The Morgan fingerprint density at radius 1 is 1.33 bits per heavy atom. The van der Waals surface area contributed by atoms with Crippen LogP contribution in [0.5, 0.6) is 0 Å². The zero-order chi connectivity index (χ0) is 12.8. The molecule has 18 heavy (non-hydrogen) atoms. The zero-order valence-electron chi connectivity index (χ0n) is 10.4. The third-order valence-electron chi connectivity index (χ3n) is 2.38. The van der Waals surface area contributed by atoms with E-state index >= 15 is 0 Å². The van der Waals surface area contributed by atoms with Crippen LogP contribution >= 0.6 is 11.8 Å². The lowest BCUT2D eigenvalue weighted by molar-refractivity contribution is 0.724. The highest BCUT2D eigenvalue weighted by Crippen LogP contribution is 2.16. The van der Waals surface area contributed by atoms with Crippen molar-refractivity contribution in [3.05, 3.63) is 24.8 Å². The van der Waals surface area contributed by atoms with Gasteiger partial charge in [-0.2, -0.15) is 0 Å². The van der Waals surface area contributed by atoms with Crippen molar-refractivity contribution in [2.24, 2.45) is 0 Å². The van der Waals surface area contributed by atoms with Gasteiger partial charge in [-0.15, -0.1) is 0 Å². The minimum absolute atomic E-state index is 0.756. The number of hydrogen-bond acceptors (Lipinski definition) is 6. The molecule has 2 rings (SSSR count). The predicted octanol–water partition coefficient (Wildman–Crippen LogP) is 1.55. The van der Waals surface area contributed by atoms with Crippen LogP contribution in [0.4, 0.5) is 11.6 Å². The molecule has 0 atom stereocenters. The van der Waals surface area contributed by atoms with E-state index in [9.17, 15) is 0 Å². The van der Waals surface area contributed by atoms with Gasteiger partial charge in [-0.1, -0.05) is 11.8 Å². The van der Waals surface area contributed by atoms with Crippen molar-refractivity contribution >= 4 is 23.4 Å². The molecule has 2 aromatic rings. The largest absolute Gasteiger partial charge is 0.373 e. The number of anilines is 2. The van der Waals surface area contributed by atoms with Crippen molar-refractivity contribution in [3.63, 3.8) is 0 Å². The van der Waals surface area contributed by atoms with Gasteiger partial charge < -0.3 is 15.2 Å². The highest BCUT2D eigenvalue weighted by atomic mass is 32.2. The molecule has 0 radical (unpaired) electrons. The normalized spacial score (nSPS) is 10.3. The van der Waals surface area contributed by atoms with Gasteiger partial charge in [0.1, 0.15) is 11.6 Å². The molecule has 0 spiro atoms. The van der Waals surface area contributed by atoms with E-state index in [0.717, 1.165) is 29.9 Å². The van der Waals surface area contributed by atoms with Crippen LogP contribution in [0.3, 0.4) is 0 Å². The second-order valence-corrected chi connectivity index (χ2v) is 4.38. The van der Waals surface area contributed by atoms with Gasteiger partial charge in [-0.25, -0.2) is 15.0 Å². The van der Waals surface area contributed by atoms with Crippen molar-refractivity contribution < 1.29 is 0 Å². The molecular formula is C11H16N6S. The molecule has 2 heterocycles. The third-order valence-corrected chi connectivity index (χ3v) is 2.93. The van der Waals surface area contributed by atoms with E-state index in [2.05, 4.69) is 25.6 Å². The first kappa shape index (κ1) is 12.7. The summed E-state index contributed by atoms with van der Waals surface area (Å²) in [6.07, 6.45) is 7.47. The van der Waals surface area contributed by atoms with E-state index in [1.54, 1.807) is 12.5 Å². The molecular weight excluding hydrogens is 248 g/mol. The Balaban J connectivity index is 1.95. The molecule has 0 aliphatic rings. The van der Waals surface area contributed by atoms with Gasteiger partial charge in [0.05, 0.1) is 6.33 Å². The molecule has 0 amide bonds. The van der Waals surface area contributed by atoms with Crippen LogP contribution in [-0.2, 0) is 6.54 Å². The monoisotopic (exact) mass is 264 g/mol. The van der Waals surface area contributed by atoms with Crippen LogP contribution in [-0.4, -0.2) is 39.4 Å². The van der Waals surface area contributed by atoms with Crippen LogP contribution in [0, 0.1) is 0 Å². The molecule has 0 fully saturated rings. The topological polar surface area (TPSA) is 67.7 Å². The van der Waals surface area contributed by atoms with E-state index in [4.69, 9.17) is 0 Å². The van der Waals surface area contributed by atoms with E-state index in [1.165, 1.54) is 11.8 Å². The molecule has 0 aromatic carbocycles. The summed E-state index contributed by atoms with van der Waals surface area (Å²) in [6.45, 7) is 1.65. The van der Waals surface area contributed by atoms with E-state index < -0.39 is 0 Å². The highest BCUT2D eigenvalue weighted by Gasteiger charge is 2.02. The molecule has 96 valence electrons. The lowest BCUT2D eigenvalue weighted by atomic mass is 10.5. The Labute approximate surface area is 110 Å². The van der Waals surface area contributed by atoms with Crippen molar-refractivity contribution in [2.75, 3.05) is 30.5 Å². The summed E-state index contributed by atoms with van der Waals surface area (Å²) in [5, 5.41) is 7.06. The lowest BCUT2D eigenvalue weighted by Crippen LogP contribution is -2.11. The maximum absolute atomic E-state index is 4.39. The fraction of sp³-hybridized carbons (Fsp3) is 0.364. The maximum Gasteiger partial charge on any atom is 0.191 e. The van der Waals surface area contributed by atoms with Gasteiger partial charge in [-0.3, -0.25) is 0 Å². The quantitative estimate of drug-likeness (QED) is 0.609. The first-order chi connectivity index (χ1) is 8.81. The minimum atomic E-state index is 0.756. The number of thioether (sulfide) groups is 1. The average molecular weight is 264 g/mol. The van der Waals surface area contributed by atoms with E-state index in [1.807, 2.05) is 30.1 Å². The Hall–Kier alpha value is -1.76. The van der Waals surface area contributed by atoms with Gasteiger partial charge >= 0.3 is 0 Å². The third kappa shape index (κ3) is 3.36. The molecule has 0 saturated heterocycles. The van der Waals surface area contributed by atoms with Gasteiger partial charge in [0.2, 0.25) is 0 Å². The minimum Gasteiger partial charge on any atom is -0.373 e. The summed E-state index contributed by atoms with van der Waals surface area (Å²) in [6, 6.07) is 1.90. The van der Waals surface area contributed by atoms with Gasteiger partial charge in [0.15, 0.2) is 5.16 Å². The molecule has 0 unspecified atom stereocenters. The zero-order valence-corrected chi connectivity index (χ0v) is 11.2. The molecule has 2 aromatic heterocycles. The second-order valence-electron chi connectivity index (χ2n) is 3.60. The lowest BCUT2D eigenvalue weighted by Gasteiger charge is -2.09. The van der Waals surface area contributed by atoms with Crippen LogP contribution in [0.1, 0.15) is 0 Å². The molecule has 7 heteroatoms. The van der Waals surface area contributed by atoms with E-state index in [0.29, 0.717) is 0 Å². The number of nitrogens with one attached hydrogen (secondary N) is 2. The molecule has 6 nitrogen and oxygen atoms in total. The number of rotatable bonds is 6. The summed E-state index contributed by atoms with van der Waals surface area (Å²) < 4.78 is 2.02. The molecule has 0 bridgehead atoms. The molecule has 0 aliphatic heterocycles. The van der Waals surface area contributed by atoms with Crippen LogP contribution in [0.15, 0.2) is 29.9 Å². The number of imidazole rings is 1. The summed E-state index contributed by atoms with van der Waals surface area (Å²) >= 11 is 1.53. The molecule has 0 saturated carbocycles. The number of aromatic nitrogens is 4. The Morgan fingerprint density at radius 3 is 2.83 bits per heavy atom. The Bertz CT molecular complexity index is 462. The fourth-order valence-electron chi connectivity index (χ4n) is 1.47. The van der Waals surface area contributed by atoms with Gasteiger partial charge in [0.25, 0.3) is 0 Å². The van der Waals surface area contributed by atoms with E-state index in [-0.39, 0.29) is 0 Å². The molecule has 2 N–H and O–H groups in total. The highest BCUT2D eigenvalue weighted by molar-refractivity contribution is 7.98. The van der Waals surface area contributed by atoms with Crippen LogP contribution in [0.2, 0.25) is 0 Å².